The molecule has 0 aliphatic carbocycles. The molecule has 0 heterocycles. The maximum atomic E-state index is 11.9. The Morgan fingerprint density at radius 1 is 1.41 bits per heavy atom. The van der Waals surface area contributed by atoms with E-state index >= 15 is 0 Å². The highest BCUT2D eigenvalue weighted by molar-refractivity contribution is 5.96. The molecule has 17 heavy (non-hydrogen) atoms. The van der Waals surface area contributed by atoms with Crippen molar-refractivity contribution in [1.29, 1.82) is 0 Å². The molecule has 1 N–H and O–H groups in total. The number of para-hydroxylation sites is 1. The van der Waals surface area contributed by atoms with E-state index in [4.69, 9.17) is 4.74 Å². The second-order valence-corrected chi connectivity index (χ2v) is 3.36. The standard InChI is InChI=1S/C14H17NO2/c1-3-5-8-11-15-14(16)12-9-6-7-10-13(12)17-4-2/h6-7,9-10H,4,8,11H2,1-2H3,(H,15,16). The third-order valence-corrected chi connectivity index (χ3v) is 2.14. The molecule has 0 radical (unpaired) electrons. The minimum atomic E-state index is -0.119. The van der Waals surface area contributed by atoms with Crippen LogP contribution in [-0.2, 0) is 0 Å². The summed E-state index contributed by atoms with van der Waals surface area (Å²) in [5.41, 5.74) is 0.568. The molecule has 90 valence electrons. The van der Waals surface area contributed by atoms with Gasteiger partial charge < -0.3 is 10.1 Å². The summed E-state index contributed by atoms with van der Waals surface area (Å²) in [6.45, 7) is 4.78. The molecule has 0 spiro atoms. The Kier molecular flexibility index (Phi) is 5.67. The van der Waals surface area contributed by atoms with Crippen molar-refractivity contribution >= 4 is 5.91 Å². The van der Waals surface area contributed by atoms with Crippen LogP contribution in [0.25, 0.3) is 0 Å². The lowest BCUT2D eigenvalue weighted by molar-refractivity contribution is 0.0951. The number of carbonyl (C=O) groups is 1. The van der Waals surface area contributed by atoms with Gasteiger partial charge in [-0.3, -0.25) is 4.79 Å². The van der Waals surface area contributed by atoms with Crippen molar-refractivity contribution in [3.05, 3.63) is 29.8 Å². The first-order chi connectivity index (χ1) is 8.29. The van der Waals surface area contributed by atoms with Gasteiger partial charge in [0.25, 0.3) is 5.91 Å². The highest BCUT2D eigenvalue weighted by atomic mass is 16.5. The lowest BCUT2D eigenvalue weighted by atomic mass is 10.2. The molecule has 0 saturated carbocycles. The molecule has 0 aliphatic rings. The number of rotatable bonds is 5. The smallest absolute Gasteiger partial charge is 0.255 e. The Morgan fingerprint density at radius 3 is 2.88 bits per heavy atom. The normalized spacial score (nSPS) is 9.06. The average molecular weight is 231 g/mol. The van der Waals surface area contributed by atoms with Gasteiger partial charge >= 0.3 is 0 Å². The predicted octanol–water partition coefficient (Wildman–Crippen LogP) is 2.23. The Labute approximate surface area is 102 Å². The first-order valence-electron chi connectivity index (χ1n) is 5.69. The SMILES string of the molecule is CC#CCCNC(=O)c1ccccc1OCC. The van der Waals surface area contributed by atoms with Crippen LogP contribution in [0.4, 0.5) is 0 Å². The Morgan fingerprint density at radius 2 is 2.18 bits per heavy atom. The van der Waals surface area contributed by atoms with Crippen molar-refractivity contribution < 1.29 is 9.53 Å². The van der Waals surface area contributed by atoms with Crippen LogP contribution in [0.1, 0.15) is 30.6 Å². The molecule has 0 saturated heterocycles. The number of nitrogens with one attached hydrogen (secondary N) is 1. The van der Waals surface area contributed by atoms with Crippen LogP contribution in [0.3, 0.4) is 0 Å². The molecule has 0 fully saturated rings. The Hall–Kier alpha value is -1.95. The fourth-order valence-corrected chi connectivity index (χ4v) is 1.39. The second-order valence-electron chi connectivity index (χ2n) is 3.36. The molecule has 0 atom stereocenters. The zero-order valence-corrected chi connectivity index (χ0v) is 10.2. The van der Waals surface area contributed by atoms with Gasteiger partial charge in [0, 0.05) is 13.0 Å². The van der Waals surface area contributed by atoms with Gasteiger partial charge in [-0.25, -0.2) is 0 Å². The quantitative estimate of drug-likeness (QED) is 0.623. The number of carbonyl (C=O) groups excluding carboxylic acids is 1. The summed E-state index contributed by atoms with van der Waals surface area (Å²) in [5.74, 6) is 6.19. The van der Waals surface area contributed by atoms with Gasteiger partial charge in [0.2, 0.25) is 0 Å². The second kappa shape index (κ2) is 7.34. The fourth-order valence-electron chi connectivity index (χ4n) is 1.39. The number of hydrogen-bond acceptors (Lipinski definition) is 2. The maximum absolute atomic E-state index is 11.9. The summed E-state index contributed by atoms with van der Waals surface area (Å²) in [7, 11) is 0. The van der Waals surface area contributed by atoms with Crippen LogP contribution in [0.5, 0.6) is 5.75 Å². The van der Waals surface area contributed by atoms with Crippen molar-refractivity contribution in [3.8, 4) is 17.6 Å². The molecule has 1 aromatic carbocycles. The van der Waals surface area contributed by atoms with E-state index in [1.54, 1.807) is 19.1 Å². The molecule has 1 rings (SSSR count). The maximum Gasteiger partial charge on any atom is 0.255 e. The van der Waals surface area contributed by atoms with Gasteiger partial charge in [0.15, 0.2) is 0 Å². The molecule has 0 aromatic heterocycles. The monoisotopic (exact) mass is 231 g/mol. The number of amides is 1. The molecule has 0 unspecified atom stereocenters. The van der Waals surface area contributed by atoms with Crippen molar-refractivity contribution in [3.63, 3.8) is 0 Å². The fraction of sp³-hybridized carbons (Fsp3) is 0.357. The minimum Gasteiger partial charge on any atom is -0.493 e. The molecule has 1 amide bonds. The molecule has 3 nitrogen and oxygen atoms in total. The number of benzene rings is 1. The predicted molar refractivity (Wildman–Crippen MR) is 68.0 cm³/mol. The molecule has 0 aliphatic heterocycles. The van der Waals surface area contributed by atoms with E-state index in [0.717, 1.165) is 0 Å². The third kappa shape index (κ3) is 4.20. The number of ether oxygens (including phenoxy) is 1. The Bertz CT molecular complexity index is 429. The highest BCUT2D eigenvalue weighted by Crippen LogP contribution is 2.17. The van der Waals surface area contributed by atoms with Crippen LogP contribution in [0.2, 0.25) is 0 Å². The Balaban J connectivity index is 2.63. The van der Waals surface area contributed by atoms with Crippen LogP contribution >= 0.6 is 0 Å². The van der Waals surface area contributed by atoms with Crippen LogP contribution in [-0.4, -0.2) is 19.1 Å². The summed E-state index contributed by atoms with van der Waals surface area (Å²) < 4.78 is 5.40. The molecule has 3 heteroatoms. The third-order valence-electron chi connectivity index (χ3n) is 2.14. The zero-order valence-electron chi connectivity index (χ0n) is 10.2. The van der Waals surface area contributed by atoms with Gasteiger partial charge in [-0.2, -0.15) is 0 Å². The highest BCUT2D eigenvalue weighted by Gasteiger charge is 2.10. The zero-order chi connectivity index (χ0) is 12.5. The van der Waals surface area contributed by atoms with E-state index in [-0.39, 0.29) is 5.91 Å². The average Bonchev–Trinajstić information content (AvgIpc) is 2.35. The molecule has 1 aromatic rings. The van der Waals surface area contributed by atoms with Crippen LogP contribution in [0.15, 0.2) is 24.3 Å². The molecule has 0 bridgehead atoms. The summed E-state index contributed by atoms with van der Waals surface area (Å²) in [6.07, 6.45) is 0.666. The van der Waals surface area contributed by atoms with Gasteiger partial charge in [-0.05, 0) is 26.0 Å². The molecular weight excluding hydrogens is 214 g/mol. The van der Waals surface area contributed by atoms with Gasteiger partial charge in [-0.15, -0.1) is 11.8 Å². The summed E-state index contributed by atoms with van der Waals surface area (Å²) >= 11 is 0. The van der Waals surface area contributed by atoms with Gasteiger partial charge in [0.1, 0.15) is 5.75 Å². The van der Waals surface area contributed by atoms with E-state index < -0.39 is 0 Å². The van der Waals surface area contributed by atoms with E-state index in [9.17, 15) is 4.79 Å². The first kappa shape index (κ1) is 13.1. The van der Waals surface area contributed by atoms with Crippen molar-refractivity contribution in [1.82, 2.24) is 5.32 Å². The lowest BCUT2D eigenvalue weighted by Crippen LogP contribution is -2.24. The lowest BCUT2D eigenvalue weighted by Gasteiger charge is -2.09. The topological polar surface area (TPSA) is 38.3 Å². The van der Waals surface area contributed by atoms with Crippen molar-refractivity contribution in [2.75, 3.05) is 13.2 Å². The first-order valence-corrected chi connectivity index (χ1v) is 5.69. The molecular formula is C14H17NO2. The largest absolute Gasteiger partial charge is 0.493 e. The summed E-state index contributed by atoms with van der Waals surface area (Å²) in [4.78, 5) is 11.9. The van der Waals surface area contributed by atoms with Gasteiger partial charge in [-0.1, -0.05) is 12.1 Å². The van der Waals surface area contributed by atoms with Crippen molar-refractivity contribution in [2.45, 2.75) is 20.3 Å². The number of hydrogen-bond donors (Lipinski definition) is 1. The van der Waals surface area contributed by atoms with E-state index in [1.165, 1.54) is 0 Å². The summed E-state index contributed by atoms with van der Waals surface area (Å²) in [5, 5.41) is 2.81. The van der Waals surface area contributed by atoms with Crippen molar-refractivity contribution in [2.24, 2.45) is 0 Å². The van der Waals surface area contributed by atoms with E-state index in [0.29, 0.717) is 30.9 Å². The van der Waals surface area contributed by atoms with Crippen LogP contribution in [0, 0.1) is 11.8 Å². The van der Waals surface area contributed by atoms with Gasteiger partial charge in [0.05, 0.1) is 12.2 Å². The van der Waals surface area contributed by atoms with E-state index in [2.05, 4.69) is 17.2 Å². The van der Waals surface area contributed by atoms with Crippen LogP contribution < -0.4 is 10.1 Å². The minimum absolute atomic E-state index is 0.119. The van der Waals surface area contributed by atoms with E-state index in [1.807, 2.05) is 19.1 Å². The summed E-state index contributed by atoms with van der Waals surface area (Å²) in [6, 6.07) is 7.23.